The maximum absolute atomic E-state index is 6.35. The molecule has 100 valence electrons. The van der Waals surface area contributed by atoms with E-state index >= 15 is 0 Å². The van der Waals surface area contributed by atoms with Crippen LogP contribution in [0.2, 0.25) is 5.02 Å². The van der Waals surface area contributed by atoms with Crippen molar-refractivity contribution in [3.8, 4) is 0 Å². The van der Waals surface area contributed by atoms with E-state index in [1.165, 1.54) is 0 Å². The van der Waals surface area contributed by atoms with Crippen LogP contribution in [0.3, 0.4) is 0 Å². The molecule has 2 N–H and O–H groups in total. The van der Waals surface area contributed by atoms with Crippen molar-refractivity contribution in [1.29, 1.82) is 0 Å². The van der Waals surface area contributed by atoms with E-state index in [9.17, 15) is 0 Å². The van der Waals surface area contributed by atoms with E-state index in [2.05, 4.69) is 29.7 Å². The highest BCUT2D eigenvalue weighted by Crippen LogP contribution is 2.31. The average Bonchev–Trinajstić information content (AvgIpc) is 2.38. The molecule has 0 saturated carbocycles. The molecule has 0 amide bonds. The van der Waals surface area contributed by atoms with Crippen LogP contribution in [0.4, 0.5) is 5.69 Å². The smallest absolute Gasteiger partial charge is 0.0642 e. The van der Waals surface area contributed by atoms with Crippen molar-refractivity contribution in [3.05, 3.63) is 28.8 Å². The Hall–Kier alpha value is -0.770. The molecule has 1 fully saturated rings. The number of hydrogen-bond donors (Lipinski definition) is 1. The van der Waals surface area contributed by atoms with Crippen molar-refractivity contribution in [2.75, 3.05) is 31.1 Å². The minimum atomic E-state index is 0.540. The fourth-order valence-electron chi connectivity index (χ4n) is 2.75. The Labute approximate surface area is 115 Å². The molecule has 1 atom stereocenters. The molecular weight excluding hydrogens is 246 g/mol. The Balaban J connectivity index is 2.23. The van der Waals surface area contributed by atoms with E-state index in [0.717, 1.165) is 42.5 Å². The molecule has 1 unspecified atom stereocenters. The summed E-state index contributed by atoms with van der Waals surface area (Å²) in [6, 6.07) is 6.55. The van der Waals surface area contributed by atoms with Gasteiger partial charge in [0.15, 0.2) is 0 Å². The summed E-state index contributed by atoms with van der Waals surface area (Å²) in [5.74, 6) is 0. The van der Waals surface area contributed by atoms with Crippen LogP contribution < -0.4 is 10.6 Å². The number of halogens is 1. The minimum absolute atomic E-state index is 0.540. The number of piperazine rings is 1. The first-order valence-electron chi connectivity index (χ1n) is 6.63. The number of nitrogens with two attached hydrogens (primary N) is 1. The molecule has 1 heterocycles. The lowest BCUT2D eigenvalue weighted by atomic mass is 10.1. The average molecular weight is 268 g/mol. The largest absolute Gasteiger partial charge is 0.367 e. The van der Waals surface area contributed by atoms with E-state index in [-0.39, 0.29) is 0 Å². The highest BCUT2D eigenvalue weighted by Gasteiger charge is 2.24. The topological polar surface area (TPSA) is 32.5 Å². The molecule has 1 saturated heterocycles. The summed E-state index contributed by atoms with van der Waals surface area (Å²) in [5, 5.41) is 0.815. The molecule has 1 aromatic rings. The first kappa shape index (κ1) is 13.7. The second-order valence-electron chi connectivity index (χ2n) is 4.88. The van der Waals surface area contributed by atoms with E-state index in [1.54, 1.807) is 0 Å². The quantitative estimate of drug-likeness (QED) is 0.912. The van der Waals surface area contributed by atoms with Crippen molar-refractivity contribution in [1.82, 2.24) is 4.90 Å². The molecule has 1 aliphatic rings. The van der Waals surface area contributed by atoms with Gasteiger partial charge in [0.25, 0.3) is 0 Å². The van der Waals surface area contributed by atoms with E-state index < -0.39 is 0 Å². The standard InChI is InChI=1S/C14H22ClN3/c1-3-17-7-8-18(10-11(17)2)14-12(9-16)5-4-6-13(14)15/h4-6,11H,3,7-10,16H2,1-2H3. The Morgan fingerprint density at radius 2 is 2.17 bits per heavy atom. The van der Waals surface area contributed by atoms with Crippen molar-refractivity contribution in [2.24, 2.45) is 5.73 Å². The highest BCUT2D eigenvalue weighted by atomic mass is 35.5. The number of para-hydroxylation sites is 1. The zero-order valence-electron chi connectivity index (χ0n) is 11.2. The third-order valence-corrected chi connectivity index (χ3v) is 4.08. The first-order valence-corrected chi connectivity index (χ1v) is 7.01. The lowest BCUT2D eigenvalue weighted by Gasteiger charge is -2.41. The maximum atomic E-state index is 6.35. The Kier molecular flexibility index (Phi) is 4.49. The first-order chi connectivity index (χ1) is 8.67. The van der Waals surface area contributed by atoms with Gasteiger partial charge in [-0.1, -0.05) is 30.7 Å². The van der Waals surface area contributed by atoms with Gasteiger partial charge >= 0.3 is 0 Å². The molecule has 0 bridgehead atoms. The molecule has 0 radical (unpaired) electrons. The van der Waals surface area contributed by atoms with Gasteiger partial charge in [0.1, 0.15) is 0 Å². The molecule has 18 heavy (non-hydrogen) atoms. The lowest BCUT2D eigenvalue weighted by Crippen LogP contribution is -2.52. The number of anilines is 1. The summed E-state index contributed by atoms with van der Waals surface area (Å²) >= 11 is 6.35. The number of benzene rings is 1. The Morgan fingerprint density at radius 1 is 1.39 bits per heavy atom. The van der Waals surface area contributed by atoms with Gasteiger partial charge < -0.3 is 10.6 Å². The second kappa shape index (κ2) is 5.91. The molecule has 1 aliphatic heterocycles. The van der Waals surface area contributed by atoms with Gasteiger partial charge in [0, 0.05) is 32.2 Å². The van der Waals surface area contributed by atoms with Crippen LogP contribution in [0.1, 0.15) is 19.4 Å². The fraction of sp³-hybridized carbons (Fsp3) is 0.571. The third kappa shape index (κ3) is 2.63. The number of nitrogens with zero attached hydrogens (tertiary/aromatic N) is 2. The highest BCUT2D eigenvalue weighted by molar-refractivity contribution is 6.33. The predicted molar refractivity (Wildman–Crippen MR) is 78.3 cm³/mol. The van der Waals surface area contributed by atoms with Gasteiger partial charge in [0.05, 0.1) is 10.7 Å². The summed E-state index contributed by atoms with van der Waals surface area (Å²) in [5.41, 5.74) is 8.09. The predicted octanol–water partition coefficient (Wildman–Crippen LogP) is 2.33. The summed E-state index contributed by atoms with van der Waals surface area (Å²) < 4.78 is 0. The Morgan fingerprint density at radius 3 is 2.78 bits per heavy atom. The molecule has 3 nitrogen and oxygen atoms in total. The Bertz CT molecular complexity index is 408. The third-order valence-electron chi connectivity index (χ3n) is 3.78. The minimum Gasteiger partial charge on any atom is -0.367 e. The SMILES string of the molecule is CCN1CCN(c2c(Cl)cccc2CN)CC1C. The summed E-state index contributed by atoms with van der Waals surface area (Å²) in [6.07, 6.45) is 0. The zero-order valence-corrected chi connectivity index (χ0v) is 12.0. The number of hydrogen-bond acceptors (Lipinski definition) is 3. The van der Waals surface area contributed by atoms with Crippen molar-refractivity contribution >= 4 is 17.3 Å². The molecule has 0 aliphatic carbocycles. The van der Waals surface area contributed by atoms with Crippen LogP contribution in [-0.2, 0) is 6.54 Å². The van der Waals surface area contributed by atoms with Gasteiger partial charge in [-0.15, -0.1) is 0 Å². The lowest BCUT2D eigenvalue weighted by molar-refractivity contribution is 0.199. The second-order valence-corrected chi connectivity index (χ2v) is 5.28. The van der Waals surface area contributed by atoms with Crippen LogP contribution in [0.5, 0.6) is 0 Å². The summed E-state index contributed by atoms with van der Waals surface area (Å²) in [6.45, 7) is 9.27. The van der Waals surface area contributed by atoms with Crippen LogP contribution in [0, 0.1) is 0 Å². The van der Waals surface area contributed by atoms with E-state index in [4.69, 9.17) is 17.3 Å². The fourth-order valence-corrected chi connectivity index (χ4v) is 3.06. The molecule has 1 aromatic carbocycles. The van der Waals surface area contributed by atoms with Gasteiger partial charge in [-0.2, -0.15) is 0 Å². The van der Waals surface area contributed by atoms with E-state index in [0.29, 0.717) is 12.6 Å². The molecule has 2 rings (SSSR count). The van der Waals surface area contributed by atoms with Crippen molar-refractivity contribution < 1.29 is 0 Å². The molecular formula is C14H22ClN3. The molecule has 4 heteroatoms. The molecule has 0 aromatic heterocycles. The van der Waals surface area contributed by atoms with Gasteiger partial charge in [-0.3, -0.25) is 4.90 Å². The number of likely N-dealkylation sites (N-methyl/N-ethyl adjacent to an activating group) is 1. The number of rotatable bonds is 3. The molecule has 0 spiro atoms. The maximum Gasteiger partial charge on any atom is 0.0642 e. The van der Waals surface area contributed by atoms with Crippen LogP contribution >= 0.6 is 11.6 Å². The van der Waals surface area contributed by atoms with Crippen molar-refractivity contribution in [3.63, 3.8) is 0 Å². The van der Waals surface area contributed by atoms with Crippen LogP contribution in [0.25, 0.3) is 0 Å². The van der Waals surface area contributed by atoms with Crippen molar-refractivity contribution in [2.45, 2.75) is 26.4 Å². The summed E-state index contributed by atoms with van der Waals surface area (Å²) in [7, 11) is 0. The van der Waals surface area contributed by atoms with Gasteiger partial charge in [-0.05, 0) is 25.1 Å². The normalized spacial score (nSPS) is 21.3. The summed E-state index contributed by atoms with van der Waals surface area (Å²) in [4.78, 5) is 4.87. The van der Waals surface area contributed by atoms with E-state index in [1.807, 2.05) is 12.1 Å². The van der Waals surface area contributed by atoms with Gasteiger partial charge in [0.2, 0.25) is 0 Å². The van der Waals surface area contributed by atoms with Crippen LogP contribution in [-0.4, -0.2) is 37.1 Å². The monoisotopic (exact) mass is 267 g/mol. The zero-order chi connectivity index (χ0) is 13.1. The van der Waals surface area contributed by atoms with Crippen LogP contribution in [0.15, 0.2) is 18.2 Å². The van der Waals surface area contributed by atoms with Gasteiger partial charge in [-0.25, -0.2) is 0 Å².